The lowest BCUT2D eigenvalue weighted by Crippen LogP contribution is -2.07. The Morgan fingerprint density at radius 2 is 1.29 bits per heavy atom. The number of rotatable bonds is 6. The quantitative estimate of drug-likeness (QED) is 0.770. The van der Waals surface area contributed by atoms with Gasteiger partial charge < -0.3 is 10.5 Å². The summed E-state index contributed by atoms with van der Waals surface area (Å²) >= 11 is 0. The van der Waals surface area contributed by atoms with Gasteiger partial charge in [0.05, 0.1) is 0 Å². The molecule has 2 rings (SSSR count). The summed E-state index contributed by atoms with van der Waals surface area (Å²) in [4.78, 5) is 0. The Labute approximate surface area is 127 Å². The minimum absolute atomic E-state index is 0.105. The van der Waals surface area contributed by atoms with Gasteiger partial charge >= 0.3 is 0 Å². The highest BCUT2D eigenvalue weighted by Crippen LogP contribution is 2.26. The van der Waals surface area contributed by atoms with E-state index >= 15 is 0 Å². The number of nitrogens with two attached hydrogens (primary N) is 1. The Morgan fingerprint density at radius 3 is 1.71 bits per heavy atom. The molecule has 112 valence electrons. The molecule has 0 fully saturated rings. The van der Waals surface area contributed by atoms with E-state index < -0.39 is 0 Å². The van der Waals surface area contributed by atoms with Crippen molar-refractivity contribution in [2.75, 3.05) is 0 Å². The Bertz CT molecular complexity index is 493. The van der Waals surface area contributed by atoms with Crippen LogP contribution in [-0.2, 0) is 0 Å². The first kappa shape index (κ1) is 15.6. The summed E-state index contributed by atoms with van der Waals surface area (Å²) in [6.45, 7) is 6.54. The predicted molar refractivity (Wildman–Crippen MR) is 88.9 cm³/mol. The van der Waals surface area contributed by atoms with Crippen molar-refractivity contribution in [3.8, 4) is 11.5 Å². The zero-order valence-corrected chi connectivity index (χ0v) is 13.2. The molecule has 0 aliphatic rings. The molecule has 21 heavy (non-hydrogen) atoms. The first-order chi connectivity index (χ1) is 10.1. The fraction of sp³-hybridized carbons (Fsp3) is 0.368. The summed E-state index contributed by atoms with van der Waals surface area (Å²) in [5.41, 5.74) is 8.52. The number of ether oxygens (including phenoxy) is 1. The number of benzene rings is 2. The third-order valence-electron chi connectivity index (χ3n) is 4.05. The fourth-order valence-corrected chi connectivity index (χ4v) is 2.25. The van der Waals surface area contributed by atoms with Gasteiger partial charge in [0.15, 0.2) is 0 Å². The van der Waals surface area contributed by atoms with E-state index in [2.05, 4.69) is 32.9 Å². The maximum Gasteiger partial charge on any atom is 0.127 e. The summed E-state index contributed by atoms with van der Waals surface area (Å²) in [7, 11) is 0. The highest BCUT2D eigenvalue weighted by atomic mass is 16.5. The molecule has 0 amide bonds. The van der Waals surface area contributed by atoms with Gasteiger partial charge in [-0.25, -0.2) is 0 Å². The molecule has 2 aromatic rings. The standard InChI is InChI=1S/C19H25NO/c1-4-14(3)15-6-10-17(11-7-15)21-18-12-8-16(9-13-18)19(20)5-2/h6-14,19H,4-5,20H2,1-3H3/t14?,19-/m1/s1. The minimum Gasteiger partial charge on any atom is -0.457 e. The van der Waals surface area contributed by atoms with Gasteiger partial charge in [0, 0.05) is 6.04 Å². The summed E-state index contributed by atoms with van der Waals surface area (Å²) in [5.74, 6) is 2.31. The molecule has 2 heteroatoms. The van der Waals surface area contributed by atoms with Gasteiger partial charge in [0.25, 0.3) is 0 Å². The summed E-state index contributed by atoms with van der Waals surface area (Å²) in [6.07, 6.45) is 2.09. The van der Waals surface area contributed by atoms with Crippen LogP contribution in [0.1, 0.15) is 56.7 Å². The largest absolute Gasteiger partial charge is 0.457 e. The smallest absolute Gasteiger partial charge is 0.127 e. The Hall–Kier alpha value is -1.80. The number of hydrogen-bond acceptors (Lipinski definition) is 2. The van der Waals surface area contributed by atoms with E-state index in [1.807, 2.05) is 36.4 Å². The lowest BCUT2D eigenvalue weighted by Gasteiger charge is -2.12. The van der Waals surface area contributed by atoms with Gasteiger partial charge in [-0.15, -0.1) is 0 Å². The summed E-state index contributed by atoms with van der Waals surface area (Å²) < 4.78 is 5.87. The maximum absolute atomic E-state index is 6.01. The van der Waals surface area contributed by atoms with Crippen LogP contribution in [0.3, 0.4) is 0 Å². The molecule has 2 atom stereocenters. The molecule has 2 nitrogen and oxygen atoms in total. The second-order valence-corrected chi connectivity index (χ2v) is 5.56. The molecule has 0 radical (unpaired) electrons. The monoisotopic (exact) mass is 283 g/mol. The molecule has 0 heterocycles. The van der Waals surface area contributed by atoms with E-state index in [1.54, 1.807) is 0 Å². The second kappa shape index (κ2) is 7.28. The zero-order chi connectivity index (χ0) is 15.2. The second-order valence-electron chi connectivity index (χ2n) is 5.56. The maximum atomic E-state index is 6.01. The van der Waals surface area contributed by atoms with E-state index in [0.717, 1.165) is 29.9 Å². The van der Waals surface area contributed by atoms with Crippen molar-refractivity contribution in [1.29, 1.82) is 0 Å². The van der Waals surface area contributed by atoms with Crippen molar-refractivity contribution in [3.63, 3.8) is 0 Å². The van der Waals surface area contributed by atoms with E-state index in [4.69, 9.17) is 10.5 Å². The van der Waals surface area contributed by atoms with Crippen molar-refractivity contribution in [1.82, 2.24) is 0 Å². The fourth-order valence-electron chi connectivity index (χ4n) is 2.25. The van der Waals surface area contributed by atoms with E-state index in [-0.39, 0.29) is 6.04 Å². The van der Waals surface area contributed by atoms with Crippen LogP contribution >= 0.6 is 0 Å². The molecule has 0 bridgehead atoms. The average molecular weight is 283 g/mol. The third kappa shape index (κ3) is 4.08. The molecular weight excluding hydrogens is 258 g/mol. The highest BCUT2D eigenvalue weighted by molar-refractivity contribution is 5.35. The van der Waals surface area contributed by atoms with Gasteiger partial charge in [0.1, 0.15) is 11.5 Å². The molecule has 0 aliphatic heterocycles. The van der Waals surface area contributed by atoms with Gasteiger partial charge in [-0.05, 0) is 54.2 Å². The minimum atomic E-state index is 0.105. The third-order valence-corrected chi connectivity index (χ3v) is 4.05. The molecule has 1 unspecified atom stereocenters. The van der Waals surface area contributed by atoms with E-state index in [0.29, 0.717) is 5.92 Å². The average Bonchev–Trinajstić information content (AvgIpc) is 2.55. The van der Waals surface area contributed by atoms with Crippen LogP contribution in [0.15, 0.2) is 48.5 Å². The highest BCUT2D eigenvalue weighted by Gasteiger charge is 2.05. The van der Waals surface area contributed by atoms with Crippen molar-refractivity contribution in [2.45, 2.75) is 45.6 Å². The molecule has 2 N–H and O–H groups in total. The van der Waals surface area contributed by atoms with E-state index in [9.17, 15) is 0 Å². The molecule has 0 aromatic heterocycles. The van der Waals surface area contributed by atoms with Gasteiger partial charge in [-0.1, -0.05) is 45.0 Å². The van der Waals surface area contributed by atoms with Crippen LogP contribution < -0.4 is 10.5 Å². The first-order valence-electron chi connectivity index (χ1n) is 7.77. The van der Waals surface area contributed by atoms with Crippen molar-refractivity contribution < 1.29 is 4.74 Å². The molecule has 0 spiro atoms. The Morgan fingerprint density at radius 1 is 0.810 bits per heavy atom. The predicted octanol–water partition coefficient (Wildman–Crippen LogP) is 5.40. The lowest BCUT2D eigenvalue weighted by atomic mass is 9.99. The summed E-state index contributed by atoms with van der Waals surface area (Å²) in [5, 5.41) is 0. The van der Waals surface area contributed by atoms with Crippen LogP contribution in [-0.4, -0.2) is 0 Å². The molecule has 2 aromatic carbocycles. The normalized spacial score (nSPS) is 13.7. The molecule has 0 saturated carbocycles. The first-order valence-corrected chi connectivity index (χ1v) is 7.77. The number of hydrogen-bond donors (Lipinski definition) is 1. The lowest BCUT2D eigenvalue weighted by molar-refractivity contribution is 0.481. The van der Waals surface area contributed by atoms with Crippen molar-refractivity contribution in [3.05, 3.63) is 59.7 Å². The van der Waals surface area contributed by atoms with Crippen LogP contribution in [0.2, 0.25) is 0 Å². The Balaban J connectivity index is 2.04. The Kier molecular flexibility index (Phi) is 5.40. The molecule has 0 aliphatic carbocycles. The zero-order valence-electron chi connectivity index (χ0n) is 13.2. The van der Waals surface area contributed by atoms with Crippen molar-refractivity contribution >= 4 is 0 Å². The molecule has 0 saturated heterocycles. The molecular formula is C19H25NO. The van der Waals surface area contributed by atoms with Gasteiger partial charge in [-0.3, -0.25) is 0 Å². The van der Waals surface area contributed by atoms with Crippen molar-refractivity contribution in [2.24, 2.45) is 5.73 Å². The van der Waals surface area contributed by atoms with Crippen LogP contribution in [0.5, 0.6) is 11.5 Å². The van der Waals surface area contributed by atoms with Crippen LogP contribution in [0.25, 0.3) is 0 Å². The SMILES string of the molecule is CCC(C)c1ccc(Oc2ccc([C@H](N)CC)cc2)cc1. The van der Waals surface area contributed by atoms with Gasteiger partial charge in [-0.2, -0.15) is 0 Å². The topological polar surface area (TPSA) is 35.2 Å². The van der Waals surface area contributed by atoms with E-state index in [1.165, 1.54) is 5.56 Å². The van der Waals surface area contributed by atoms with Gasteiger partial charge in [0.2, 0.25) is 0 Å². The van der Waals surface area contributed by atoms with Crippen LogP contribution in [0.4, 0.5) is 0 Å². The summed E-state index contributed by atoms with van der Waals surface area (Å²) in [6, 6.07) is 16.5. The van der Waals surface area contributed by atoms with Crippen LogP contribution in [0, 0.1) is 0 Å².